The van der Waals surface area contributed by atoms with Crippen LogP contribution in [0.1, 0.15) is 36.7 Å². The molecule has 24 heavy (non-hydrogen) atoms. The van der Waals surface area contributed by atoms with Crippen LogP contribution in [0.3, 0.4) is 0 Å². The van der Waals surface area contributed by atoms with E-state index in [0.717, 1.165) is 37.4 Å². The van der Waals surface area contributed by atoms with Crippen LogP contribution in [0.25, 0.3) is 4.83 Å². The standard InChI is InChI=1S/C17H21N5OS/c1-13-19-16(17-22(13)10-11-24-17)14-4-2-7-20(12-14)15(23)5-9-21-8-3-6-18-21/h3,6,8,10-11,14H,2,4-5,7,9,12H2,1H3. The number of carbonyl (C=O) groups is 1. The third kappa shape index (κ3) is 2.84. The van der Waals surface area contributed by atoms with Crippen molar-refractivity contribution >= 4 is 22.1 Å². The fourth-order valence-corrected chi connectivity index (χ4v) is 4.44. The van der Waals surface area contributed by atoms with E-state index in [1.165, 1.54) is 4.83 Å². The van der Waals surface area contributed by atoms with Crippen molar-refractivity contribution in [2.24, 2.45) is 0 Å². The molecular formula is C17H21N5OS. The number of carbonyl (C=O) groups excluding carboxylic acids is 1. The molecule has 0 bridgehead atoms. The maximum atomic E-state index is 12.6. The van der Waals surface area contributed by atoms with Gasteiger partial charge in [0.15, 0.2) is 0 Å². The van der Waals surface area contributed by atoms with Crippen LogP contribution in [0, 0.1) is 6.92 Å². The molecule has 1 amide bonds. The second kappa shape index (κ2) is 6.39. The van der Waals surface area contributed by atoms with Gasteiger partial charge in [-0.3, -0.25) is 13.9 Å². The number of hydrogen-bond donors (Lipinski definition) is 0. The molecule has 0 radical (unpaired) electrons. The number of likely N-dealkylation sites (tertiary alicyclic amines) is 1. The first-order chi connectivity index (χ1) is 11.7. The summed E-state index contributed by atoms with van der Waals surface area (Å²) in [6.07, 6.45) is 8.36. The summed E-state index contributed by atoms with van der Waals surface area (Å²) >= 11 is 1.73. The van der Waals surface area contributed by atoms with Gasteiger partial charge in [-0.15, -0.1) is 11.3 Å². The number of aromatic nitrogens is 4. The van der Waals surface area contributed by atoms with E-state index in [1.54, 1.807) is 17.5 Å². The number of thiazole rings is 1. The molecule has 4 heterocycles. The number of rotatable bonds is 4. The molecule has 7 heteroatoms. The molecule has 0 saturated carbocycles. The summed E-state index contributed by atoms with van der Waals surface area (Å²) in [7, 11) is 0. The van der Waals surface area contributed by atoms with Crippen LogP contribution in [0.15, 0.2) is 30.0 Å². The molecular weight excluding hydrogens is 322 g/mol. The molecule has 1 atom stereocenters. The third-order valence-corrected chi connectivity index (χ3v) is 5.62. The summed E-state index contributed by atoms with van der Waals surface area (Å²) in [6.45, 7) is 4.32. The molecule has 1 unspecified atom stereocenters. The van der Waals surface area contributed by atoms with Gasteiger partial charge in [0.1, 0.15) is 10.7 Å². The van der Waals surface area contributed by atoms with Gasteiger partial charge in [0.05, 0.1) is 5.69 Å². The molecule has 0 aliphatic carbocycles. The van der Waals surface area contributed by atoms with E-state index in [1.807, 2.05) is 28.8 Å². The summed E-state index contributed by atoms with van der Waals surface area (Å²) in [4.78, 5) is 20.6. The quantitative estimate of drug-likeness (QED) is 0.732. The number of nitrogens with zero attached hydrogens (tertiary/aromatic N) is 5. The monoisotopic (exact) mass is 343 g/mol. The molecule has 0 N–H and O–H groups in total. The molecule has 126 valence electrons. The van der Waals surface area contributed by atoms with E-state index >= 15 is 0 Å². The van der Waals surface area contributed by atoms with Crippen molar-refractivity contribution in [3.8, 4) is 0 Å². The molecule has 3 aromatic rings. The minimum absolute atomic E-state index is 0.216. The topological polar surface area (TPSA) is 55.4 Å². The van der Waals surface area contributed by atoms with Gasteiger partial charge in [-0.1, -0.05) is 0 Å². The van der Waals surface area contributed by atoms with Crippen LogP contribution >= 0.6 is 11.3 Å². The van der Waals surface area contributed by atoms with Gasteiger partial charge in [-0.25, -0.2) is 4.98 Å². The zero-order valence-electron chi connectivity index (χ0n) is 13.8. The predicted molar refractivity (Wildman–Crippen MR) is 93.2 cm³/mol. The molecule has 1 aliphatic heterocycles. The smallest absolute Gasteiger partial charge is 0.224 e. The predicted octanol–water partition coefficient (Wildman–Crippen LogP) is 2.70. The van der Waals surface area contributed by atoms with Gasteiger partial charge in [0, 0.05) is 55.9 Å². The Morgan fingerprint density at radius 1 is 1.42 bits per heavy atom. The Bertz CT molecular complexity index is 835. The first-order valence-corrected chi connectivity index (χ1v) is 9.27. The summed E-state index contributed by atoms with van der Waals surface area (Å²) in [5.41, 5.74) is 1.16. The van der Waals surface area contributed by atoms with Crippen molar-refractivity contribution in [2.45, 2.75) is 38.6 Å². The minimum atomic E-state index is 0.216. The highest BCUT2D eigenvalue weighted by Crippen LogP contribution is 2.32. The van der Waals surface area contributed by atoms with E-state index < -0.39 is 0 Å². The van der Waals surface area contributed by atoms with Gasteiger partial charge in [0.25, 0.3) is 0 Å². The highest BCUT2D eigenvalue weighted by Gasteiger charge is 2.28. The maximum Gasteiger partial charge on any atom is 0.224 e. The number of amides is 1. The van der Waals surface area contributed by atoms with Gasteiger partial charge >= 0.3 is 0 Å². The zero-order chi connectivity index (χ0) is 16.5. The van der Waals surface area contributed by atoms with E-state index in [0.29, 0.717) is 18.9 Å². The lowest BCUT2D eigenvalue weighted by molar-refractivity contribution is -0.132. The number of aryl methyl sites for hydroxylation is 2. The summed E-state index contributed by atoms with van der Waals surface area (Å²) in [6, 6.07) is 1.88. The van der Waals surface area contributed by atoms with Crippen molar-refractivity contribution in [1.29, 1.82) is 0 Å². The van der Waals surface area contributed by atoms with Crippen molar-refractivity contribution in [2.75, 3.05) is 13.1 Å². The summed E-state index contributed by atoms with van der Waals surface area (Å²) in [5, 5.41) is 6.26. The fraction of sp³-hybridized carbons (Fsp3) is 0.471. The molecule has 1 saturated heterocycles. The van der Waals surface area contributed by atoms with Gasteiger partial charge in [-0.05, 0) is 25.8 Å². The van der Waals surface area contributed by atoms with Crippen molar-refractivity contribution in [1.82, 2.24) is 24.1 Å². The Labute approximate surface area is 144 Å². The Kier molecular flexibility index (Phi) is 4.10. The van der Waals surface area contributed by atoms with Crippen LogP contribution < -0.4 is 0 Å². The Hall–Kier alpha value is -2.15. The van der Waals surface area contributed by atoms with Crippen LogP contribution in [0.4, 0.5) is 0 Å². The van der Waals surface area contributed by atoms with E-state index in [9.17, 15) is 4.79 Å². The van der Waals surface area contributed by atoms with Gasteiger partial charge in [0.2, 0.25) is 5.91 Å². The molecule has 0 spiro atoms. The molecule has 3 aromatic heterocycles. The molecule has 0 aromatic carbocycles. The lowest BCUT2D eigenvalue weighted by Crippen LogP contribution is -2.39. The van der Waals surface area contributed by atoms with E-state index in [-0.39, 0.29) is 5.91 Å². The molecule has 4 rings (SSSR count). The highest BCUT2D eigenvalue weighted by atomic mass is 32.1. The second-order valence-corrected chi connectivity index (χ2v) is 7.22. The van der Waals surface area contributed by atoms with Crippen molar-refractivity contribution < 1.29 is 4.79 Å². The Balaban J connectivity index is 1.45. The SMILES string of the molecule is Cc1nc(C2CCCN(C(=O)CCn3cccn3)C2)c2sccn12. The second-order valence-electron chi connectivity index (χ2n) is 6.32. The normalized spacial score (nSPS) is 18.4. The highest BCUT2D eigenvalue weighted by molar-refractivity contribution is 7.15. The fourth-order valence-electron chi connectivity index (χ4n) is 3.49. The maximum absolute atomic E-state index is 12.6. The number of fused-ring (bicyclic) bond motifs is 1. The third-order valence-electron chi connectivity index (χ3n) is 4.73. The van der Waals surface area contributed by atoms with Gasteiger partial charge < -0.3 is 4.90 Å². The summed E-state index contributed by atoms with van der Waals surface area (Å²) < 4.78 is 3.96. The van der Waals surface area contributed by atoms with Gasteiger partial charge in [-0.2, -0.15) is 5.10 Å². The lowest BCUT2D eigenvalue weighted by Gasteiger charge is -2.32. The van der Waals surface area contributed by atoms with E-state index in [2.05, 4.69) is 21.1 Å². The zero-order valence-corrected chi connectivity index (χ0v) is 14.6. The van der Waals surface area contributed by atoms with Crippen LogP contribution in [-0.4, -0.2) is 43.1 Å². The lowest BCUT2D eigenvalue weighted by atomic mass is 9.95. The first kappa shape index (κ1) is 15.4. The molecule has 1 fully saturated rings. The Morgan fingerprint density at radius 3 is 3.17 bits per heavy atom. The average Bonchev–Trinajstić information content (AvgIpc) is 3.32. The van der Waals surface area contributed by atoms with Crippen LogP contribution in [-0.2, 0) is 11.3 Å². The van der Waals surface area contributed by atoms with E-state index in [4.69, 9.17) is 4.98 Å². The number of imidazole rings is 1. The Morgan fingerprint density at radius 2 is 2.33 bits per heavy atom. The molecule has 1 aliphatic rings. The number of piperidine rings is 1. The largest absolute Gasteiger partial charge is 0.342 e. The number of hydrogen-bond acceptors (Lipinski definition) is 4. The van der Waals surface area contributed by atoms with Crippen molar-refractivity contribution in [3.63, 3.8) is 0 Å². The minimum Gasteiger partial charge on any atom is -0.342 e. The average molecular weight is 343 g/mol. The summed E-state index contributed by atoms with van der Waals surface area (Å²) in [5.74, 6) is 1.59. The van der Waals surface area contributed by atoms with Crippen LogP contribution in [0.2, 0.25) is 0 Å². The van der Waals surface area contributed by atoms with Crippen LogP contribution in [0.5, 0.6) is 0 Å². The first-order valence-electron chi connectivity index (χ1n) is 8.39. The molecule has 6 nitrogen and oxygen atoms in total. The van der Waals surface area contributed by atoms with Crippen molar-refractivity contribution in [3.05, 3.63) is 41.6 Å².